The third-order valence-corrected chi connectivity index (χ3v) is 7.53. The molecule has 3 aliphatic heterocycles. The number of amides is 2. The van der Waals surface area contributed by atoms with Crippen LogP contribution >= 0.6 is 0 Å². The van der Waals surface area contributed by atoms with Crippen molar-refractivity contribution in [3.8, 4) is 0 Å². The molecule has 4 N–H and O–H groups in total. The van der Waals surface area contributed by atoms with Crippen molar-refractivity contribution >= 4 is 11.8 Å². The lowest BCUT2D eigenvalue weighted by molar-refractivity contribution is -0.153. The highest BCUT2D eigenvalue weighted by Gasteiger charge is 2.52. The van der Waals surface area contributed by atoms with Crippen molar-refractivity contribution in [1.29, 1.82) is 0 Å². The summed E-state index contributed by atoms with van der Waals surface area (Å²) in [6.45, 7) is 1.78. The summed E-state index contributed by atoms with van der Waals surface area (Å²) in [6.07, 6.45) is 12.1. The first-order chi connectivity index (χ1) is 13.6. The first-order valence-corrected chi connectivity index (χ1v) is 10.9. The predicted molar refractivity (Wildman–Crippen MR) is 103 cm³/mol. The zero-order chi connectivity index (χ0) is 18.9. The van der Waals surface area contributed by atoms with E-state index in [9.17, 15) is 9.59 Å². The minimum absolute atomic E-state index is 0.00724. The molecule has 6 rings (SSSR count). The second-order valence-electron chi connectivity index (χ2n) is 9.74. The van der Waals surface area contributed by atoms with E-state index in [-0.39, 0.29) is 30.1 Å². The first kappa shape index (κ1) is 16.7. The number of fused-ring (bicyclic) bond motifs is 1. The molecule has 2 amide bonds. The lowest BCUT2D eigenvalue weighted by Crippen LogP contribution is -2.65. The van der Waals surface area contributed by atoms with E-state index in [4.69, 9.17) is 0 Å². The van der Waals surface area contributed by atoms with Gasteiger partial charge in [-0.2, -0.15) is 0 Å². The standard InChI is InChI=1S/C21H29N5O2/c27-19(14-8-22-18-17(14)24-15(9-23-18)12-2-3-12)25-16(13-4-5-13)20(28)26-10-21(11-26)6-1-7-21/h8-9,12-13,16-18,22-24H,1-7,10-11H2,(H,25,27)/t16-,17?,18?/m1/s1. The van der Waals surface area contributed by atoms with E-state index in [1.807, 2.05) is 11.1 Å². The van der Waals surface area contributed by atoms with Crippen molar-refractivity contribution in [2.75, 3.05) is 13.1 Å². The van der Waals surface area contributed by atoms with Gasteiger partial charge in [-0.15, -0.1) is 0 Å². The van der Waals surface area contributed by atoms with Gasteiger partial charge in [0.2, 0.25) is 5.91 Å². The van der Waals surface area contributed by atoms with Gasteiger partial charge in [-0.3, -0.25) is 9.59 Å². The monoisotopic (exact) mass is 383 g/mol. The van der Waals surface area contributed by atoms with Crippen molar-refractivity contribution in [1.82, 2.24) is 26.2 Å². The molecular weight excluding hydrogens is 354 g/mol. The zero-order valence-electron chi connectivity index (χ0n) is 16.2. The van der Waals surface area contributed by atoms with Gasteiger partial charge in [-0.05, 0) is 44.4 Å². The van der Waals surface area contributed by atoms with E-state index in [1.54, 1.807) is 6.20 Å². The first-order valence-electron chi connectivity index (χ1n) is 10.9. The molecule has 3 saturated carbocycles. The summed E-state index contributed by atoms with van der Waals surface area (Å²) in [5.74, 6) is 0.921. The highest BCUT2D eigenvalue weighted by atomic mass is 16.2. The van der Waals surface area contributed by atoms with Crippen LogP contribution in [0.15, 0.2) is 23.7 Å². The zero-order valence-corrected chi connectivity index (χ0v) is 16.2. The molecule has 7 heteroatoms. The number of rotatable bonds is 5. The fourth-order valence-electron chi connectivity index (χ4n) is 5.23. The normalized spacial score (nSPS) is 33.1. The molecule has 3 heterocycles. The van der Waals surface area contributed by atoms with Gasteiger partial charge >= 0.3 is 0 Å². The van der Waals surface area contributed by atoms with Crippen LogP contribution in [-0.2, 0) is 9.59 Å². The maximum atomic E-state index is 13.1. The number of carbonyl (C=O) groups excluding carboxylic acids is 2. The van der Waals surface area contributed by atoms with Gasteiger partial charge in [-0.25, -0.2) is 0 Å². The number of hydrogen-bond donors (Lipinski definition) is 4. The quantitative estimate of drug-likeness (QED) is 0.556. The minimum Gasteiger partial charge on any atom is -0.376 e. The number of hydrogen-bond acceptors (Lipinski definition) is 5. The fourth-order valence-corrected chi connectivity index (χ4v) is 5.23. The van der Waals surface area contributed by atoms with E-state index in [1.165, 1.54) is 37.8 Å². The molecule has 0 aromatic carbocycles. The number of nitrogens with one attached hydrogen (secondary N) is 4. The van der Waals surface area contributed by atoms with Crippen molar-refractivity contribution < 1.29 is 9.59 Å². The van der Waals surface area contributed by atoms with Crippen LogP contribution in [0.3, 0.4) is 0 Å². The Labute approximate surface area is 165 Å². The number of allylic oxidation sites excluding steroid dienone is 1. The smallest absolute Gasteiger partial charge is 0.251 e. The van der Waals surface area contributed by atoms with Crippen molar-refractivity contribution in [3.05, 3.63) is 23.7 Å². The second-order valence-corrected chi connectivity index (χ2v) is 9.74. The topological polar surface area (TPSA) is 85.5 Å². The molecule has 3 atom stereocenters. The van der Waals surface area contributed by atoms with Gasteiger partial charge in [0.25, 0.3) is 5.91 Å². The summed E-state index contributed by atoms with van der Waals surface area (Å²) >= 11 is 0. The Morgan fingerprint density at radius 1 is 1.11 bits per heavy atom. The molecule has 0 aromatic rings. The molecule has 2 unspecified atom stereocenters. The Hall–Kier alpha value is -2.18. The predicted octanol–water partition coefficient (Wildman–Crippen LogP) is 0.520. The Morgan fingerprint density at radius 2 is 1.86 bits per heavy atom. The molecule has 0 aromatic heterocycles. The Balaban J connectivity index is 1.12. The van der Waals surface area contributed by atoms with Crippen LogP contribution in [0.5, 0.6) is 0 Å². The fraction of sp³-hybridized carbons (Fsp3) is 0.714. The maximum absolute atomic E-state index is 13.1. The average Bonchev–Trinajstić information content (AvgIpc) is 3.53. The molecule has 28 heavy (non-hydrogen) atoms. The maximum Gasteiger partial charge on any atom is 0.251 e. The van der Waals surface area contributed by atoms with E-state index >= 15 is 0 Å². The highest BCUT2D eigenvalue weighted by molar-refractivity contribution is 5.98. The summed E-state index contributed by atoms with van der Waals surface area (Å²) in [5, 5.41) is 13.3. The summed E-state index contributed by atoms with van der Waals surface area (Å²) < 4.78 is 0. The van der Waals surface area contributed by atoms with Crippen LogP contribution in [-0.4, -0.2) is 48.1 Å². The van der Waals surface area contributed by atoms with Crippen LogP contribution in [0.4, 0.5) is 0 Å². The second kappa shape index (κ2) is 5.91. The van der Waals surface area contributed by atoms with Crippen LogP contribution in [0, 0.1) is 17.3 Å². The molecule has 150 valence electrons. The average molecular weight is 383 g/mol. The van der Waals surface area contributed by atoms with E-state index in [0.717, 1.165) is 25.9 Å². The van der Waals surface area contributed by atoms with Gasteiger partial charge in [-0.1, -0.05) is 6.42 Å². The molecule has 1 saturated heterocycles. The minimum atomic E-state index is -0.361. The Morgan fingerprint density at radius 3 is 2.50 bits per heavy atom. The van der Waals surface area contributed by atoms with Crippen molar-refractivity contribution in [2.45, 2.75) is 63.2 Å². The van der Waals surface area contributed by atoms with Crippen LogP contribution in [0.2, 0.25) is 0 Å². The third-order valence-electron chi connectivity index (χ3n) is 7.53. The van der Waals surface area contributed by atoms with E-state index in [0.29, 0.717) is 22.8 Å². The third kappa shape index (κ3) is 2.70. The summed E-state index contributed by atoms with van der Waals surface area (Å²) in [7, 11) is 0. The summed E-state index contributed by atoms with van der Waals surface area (Å²) in [4.78, 5) is 28.1. The Kier molecular flexibility index (Phi) is 3.53. The molecular formula is C21H29N5O2. The SMILES string of the molecule is O=C(N[C@@H](C(=O)N1CC2(CCC2)C1)C1CC1)C1=CNC2NC=C(C3CC3)NC12. The number of nitrogens with zero attached hydrogens (tertiary/aromatic N) is 1. The van der Waals surface area contributed by atoms with Gasteiger partial charge in [0.05, 0.1) is 11.6 Å². The molecule has 3 aliphatic carbocycles. The van der Waals surface area contributed by atoms with E-state index in [2.05, 4.69) is 21.3 Å². The van der Waals surface area contributed by atoms with Crippen molar-refractivity contribution in [3.63, 3.8) is 0 Å². The lowest BCUT2D eigenvalue weighted by atomic mass is 9.63. The van der Waals surface area contributed by atoms with Crippen LogP contribution in [0.1, 0.15) is 44.9 Å². The molecule has 4 fully saturated rings. The van der Waals surface area contributed by atoms with Gasteiger partial charge in [0, 0.05) is 42.5 Å². The molecule has 1 spiro atoms. The molecule has 0 bridgehead atoms. The largest absolute Gasteiger partial charge is 0.376 e. The van der Waals surface area contributed by atoms with E-state index < -0.39 is 0 Å². The van der Waals surface area contributed by atoms with Crippen LogP contribution < -0.4 is 21.3 Å². The van der Waals surface area contributed by atoms with Gasteiger partial charge < -0.3 is 26.2 Å². The lowest BCUT2D eigenvalue weighted by Gasteiger charge is -2.56. The number of carbonyl (C=O) groups is 2. The van der Waals surface area contributed by atoms with Crippen LogP contribution in [0.25, 0.3) is 0 Å². The molecule has 0 radical (unpaired) electrons. The number of likely N-dealkylation sites (tertiary alicyclic amines) is 1. The Bertz CT molecular complexity index is 770. The summed E-state index contributed by atoms with van der Waals surface area (Å²) in [6, 6.07) is -0.447. The molecule has 6 aliphatic rings. The van der Waals surface area contributed by atoms with Gasteiger partial charge in [0.15, 0.2) is 0 Å². The van der Waals surface area contributed by atoms with Crippen molar-refractivity contribution in [2.24, 2.45) is 17.3 Å². The highest BCUT2D eigenvalue weighted by Crippen LogP contribution is 2.48. The summed E-state index contributed by atoms with van der Waals surface area (Å²) in [5.41, 5.74) is 2.31. The molecule has 7 nitrogen and oxygen atoms in total. The van der Waals surface area contributed by atoms with Gasteiger partial charge in [0.1, 0.15) is 12.2 Å².